The predicted molar refractivity (Wildman–Crippen MR) is 164 cm³/mol. The van der Waals surface area contributed by atoms with Crippen LogP contribution in [0.1, 0.15) is 39.4 Å². The average molecular weight is 596 g/mol. The summed E-state index contributed by atoms with van der Waals surface area (Å²) in [5, 5.41) is 4.70. The Kier molecular flexibility index (Phi) is 6.25. The van der Waals surface area contributed by atoms with E-state index >= 15 is 0 Å². The molecular weight excluding hydrogens is 570 g/mol. The Hall–Kier alpha value is -4.34. The fourth-order valence-corrected chi connectivity index (χ4v) is 7.35. The minimum atomic E-state index is -1.05. The first-order valence-electron chi connectivity index (χ1n) is 13.7. The fraction of sp³-hybridized carbons (Fsp3) is 0.219. The topological polar surface area (TPSA) is 95.5 Å². The van der Waals surface area contributed by atoms with E-state index in [1.165, 1.54) is 17.7 Å². The second-order valence-electron chi connectivity index (χ2n) is 10.9. The molecule has 3 heterocycles. The molecule has 42 heavy (non-hydrogen) atoms. The molecule has 1 amide bonds. The zero-order valence-corrected chi connectivity index (χ0v) is 24.5. The summed E-state index contributed by atoms with van der Waals surface area (Å²) in [5.41, 5.74) is 3.14. The molecule has 2 aliphatic carbocycles. The smallest absolute Gasteiger partial charge is 0.261 e. The summed E-state index contributed by atoms with van der Waals surface area (Å²) in [6.07, 6.45) is 6.91. The van der Waals surface area contributed by atoms with Crippen LogP contribution in [0, 0.1) is 5.92 Å². The fourth-order valence-electron chi connectivity index (χ4n) is 6.39. The summed E-state index contributed by atoms with van der Waals surface area (Å²) in [6, 6.07) is 15.1. The Labute approximate surface area is 251 Å². The van der Waals surface area contributed by atoms with Crippen LogP contribution in [0.3, 0.4) is 0 Å². The summed E-state index contributed by atoms with van der Waals surface area (Å²) < 4.78 is 0.561. The van der Waals surface area contributed by atoms with Crippen molar-refractivity contribution < 1.29 is 14.4 Å². The van der Waals surface area contributed by atoms with Gasteiger partial charge in [-0.1, -0.05) is 61.0 Å². The number of Topliss-reactive ketones (excluding diaryl/α,β-unsaturated/α-hetero) is 2. The first-order chi connectivity index (χ1) is 20.3. The van der Waals surface area contributed by atoms with Gasteiger partial charge >= 0.3 is 0 Å². The summed E-state index contributed by atoms with van der Waals surface area (Å²) in [4.78, 5) is 53.4. The Morgan fingerprint density at radius 1 is 1.10 bits per heavy atom. The SMILES string of the molecule is CC1C=c2c(ccc3c2=CC(=O)c2ccccc2-3)C(C)(N2CN(CCNC(=O)c3ccc(Cl)s3)c3cncnc32)C1=O. The van der Waals surface area contributed by atoms with Gasteiger partial charge in [0.05, 0.1) is 22.1 Å². The lowest BCUT2D eigenvalue weighted by atomic mass is 9.73. The first kappa shape index (κ1) is 26.6. The van der Waals surface area contributed by atoms with Crippen LogP contribution < -0.4 is 25.6 Å². The largest absolute Gasteiger partial charge is 0.350 e. The van der Waals surface area contributed by atoms with Gasteiger partial charge in [-0.2, -0.15) is 0 Å². The van der Waals surface area contributed by atoms with Crippen LogP contribution in [0.5, 0.6) is 0 Å². The molecule has 2 unspecified atom stereocenters. The summed E-state index contributed by atoms with van der Waals surface area (Å²) in [6.45, 7) is 5.10. The van der Waals surface area contributed by atoms with Gasteiger partial charge in [-0.25, -0.2) is 9.97 Å². The van der Waals surface area contributed by atoms with Crippen LogP contribution in [-0.4, -0.2) is 47.2 Å². The number of nitrogens with zero attached hydrogens (tertiary/aromatic N) is 4. The number of amides is 1. The second kappa shape index (κ2) is 9.89. The Balaban J connectivity index is 1.26. The van der Waals surface area contributed by atoms with Gasteiger partial charge in [0.2, 0.25) is 0 Å². The number of rotatable bonds is 5. The second-order valence-corrected chi connectivity index (χ2v) is 12.6. The molecule has 2 aromatic carbocycles. The number of nitrogens with one attached hydrogen (secondary N) is 1. The predicted octanol–water partition coefficient (Wildman–Crippen LogP) is 3.76. The highest BCUT2D eigenvalue weighted by Gasteiger charge is 2.49. The van der Waals surface area contributed by atoms with Crippen LogP contribution >= 0.6 is 22.9 Å². The molecule has 210 valence electrons. The van der Waals surface area contributed by atoms with Crippen molar-refractivity contribution in [1.29, 1.82) is 0 Å². The monoisotopic (exact) mass is 595 g/mol. The summed E-state index contributed by atoms with van der Waals surface area (Å²) in [7, 11) is 0. The van der Waals surface area contributed by atoms with E-state index in [0.717, 1.165) is 32.8 Å². The Morgan fingerprint density at radius 3 is 2.69 bits per heavy atom. The number of thiophene rings is 1. The summed E-state index contributed by atoms with van der Waals surface area (Å²) >= 11 is 7.22. The molecule has 10 heteroatoms. The van der Waals surface area contributed by atoms with Gasteiger partial charge in [0.15, 0.2) is 17.4 Å². The van der Waals surface area contributed by atoms with Crippen molar-refractivity contribution in [2.75, 3.05) is 29.6 Å². The van der Waals surface area contributed by atoms with Gasteiger partial charge < -0.3 is 15.1 Å². The highest BCUT2D eigenvalue weighted by molar-refractivity contribution is 7.18. The molecule has 0 saturated heterocycles. The zero-order valence-electron chi connectivity index (χ0n) is 22.9. The standard InChI is InChI=1S/C32H26ClN5O3S/c1-18-13-23-22-14-26(39)21-6-4-3-5-19(21)20(22)7-8-24(23)32(2,29(18)40)38-17-37(25-15-34-16-36-30(25)38)12-11-35-31(41)27-9-10-28(33)42-27/h3-10,13-16,18H,11-12,17H2,1-2H3,(H,35,41). The quantitative estimate of drug-likeness (QED) is 0.375. The first-order valence-corrected chi connectivity index (χ1v) is 14.9. The van der Waals surface area contributed by atoms with E-state index in [1.807, 2.05) is 61.2 Å². The lowest BCUT2D eigenvalue weighted by molar-refractivity contribution is -0.126. The van der Waals surface area contributed by atoms with Crippen LogP contribution in [-0.2, 0) is 10.3 Å². The van der Waals surface area contributed by atoms with Crippen molar-refractivity contribution in [2.24, 2.45) is 5.92 Å². The average Bonchev–Trinajstić information content (AvgIpc) is 3.60. The highest BCUT2D eigenvalue weighted by Crippen LogP contribution is 2.43. The van der Waals surface area contributed by atoms with Crippen LogP contribution in [0.2, 0.25) is 4.34 Å². The van der Waals surface area contributed by atoms with Gasteiger partial charge in [-0.3, -0.25) is 14.4 Å². The van der Waals surface area contributed by atoms with Gasteiger partial charge in [0.25, 0.3) is 5.91 Å². The maximum atomic E-state index is 14.1. The van der Waals surface area contributed by atoms with Crippen molar-refractivity contribution >= 4 is 64.1 Å². The molecule has 2 aromatic heterocycles. The number of ketones is 2. The minimum absolute atomic E-state index is 0.0385. The van der Waals surface area contributed by atoms with E-state index < -0.39 is 5.54 Å². The molecule has 0 fully saturated rings. The molecule has 8 nitrogen and oxygen atoms in total. The molecule has 0 spiro atoms. The highest BCUT2D eigenvalue weighted by atomic mass is 35.5. The molecule has 1 N–H and O–H groups in total. The molecule has 0 bridgehead atoms. The minimum Gasteiger partial charge on any atom is -0.350 e. The lowest BCUT2D eigenvalue weighted by Crippen LogP contribution is -2.59. The molecule has 3 aliphatic rings. The van der Waals surface area contributed by atoms with Crippen LogP contribution in [0.4, 0.5) is 11.5 Å². The van der Waals surface area contributed by atoms with E-state index in [0.29, 0.717) is 40.4 Å². The number of fused-ring (bicyclic) bond motifs is 6. The number of halogens is 1. The Bertz CT molecular complexity index is 1940. The van der Waals surface area contributed by atoms with Crippen LogP contribution in [0.25, 0.3) is 23.3 Å². The zero-order chi connectivity index (χ0) is 29.2. The summed E-state index contributed by atoms with van der Waals surface area (Å²) in [5.74, 6) is 0.0962. The molecule has 4 aromatic rings. The van der Waals surface area contributed by atoms with Gasteiger partial charge in [0, 0.05) is 24.6 Å². The van der Waals surface area contributed by atoms with E-state index in [-0.39, 0.29) is 23.4 Å². The number of anilines is 2. The van der Waals surface area contributed by atoms with Crippen molar-refractivity contribution in [2.45, 2.75) is 19.4 Å². The molecule has 2 atom stereocenters. The van der Waals surface area contributed by atoms with Crippen molar-refractivity contribution in [3.8, 4) is 11.1 Å². The molecule has 7 rings (SSSR count). The van der Waals surface area contributed by atoms with Crippen molar-refractivity contribution in [1.82, 2.24) is 15.3 Å². The van der Waals surface area contributed by atoms with Gasteiger partial charge in [-0.05, 0) is 52.3 Å². The van der Waals surface area contributed by atoms with Crippen molar-refractivity contribution in [3.05, 3.63) is 91.8 Å². The third-order valence-corrected chi connectivity index (χ3v) is 9.69. The third kappa shape index (κ3) is 3.99. The normalized spacial score (nSPS) is 20.2. The molecular formula is C32H26ClN5O3S. The van der Waals surface area contributed by atoms with Gasteiger partial charge in [0.1, 0.15) is 17.6 Å². The third-order valence-electron chi connectivity index (χ3n) is 8.46. The molecule has 1 aliphatic heterocycles. The van der Waals surface area contributed by atoms with Crippen molar-refractivity contribution in [3.63, 3.8) is 0 Å². The number of carbonyl (C=O) groups is 3. The van der Waals surface area contributed by atoms with E-state index in [9.17, 15) is 14.4 Å². The molecule has 0 saturated carbocycles. The number of aromatic nitrogens is 2. The molecule has 0 radical (unpaired) electrons. The van der Waals surface area contributed by atoms with Gasteiger partial charge in [-0.15, -0.1) is 11.3 Å². The van der Waals surface area contributed by atoms with E-state index in [4.69, 9.17) is 11.6 Å². The number of hydrogen-bond donors (Lipinski definition) is 1. The number of carbonyl (C=O) groups excluding carboxylic acids is 3. The lowest BCUT2D eigenvalue weighted by Gasteiger charge is -2.42. The number of hydrogen-bond acceptors (Lipinski definition) is 8. The Morgan fingerprint density at radius 2 is 1.90 bits per heavy atom. The number of benzene rings is 2. The maximum absolute atomic E-state index is 14.1. The maximum Gasteiger partial charge on any atom is 0.261 e. The van der Waals surface area contributed by atoms with E-state index in [1.54, 1.807) is 24.4 Å². The van der Waals surface area contributed by atoms with E-state index in [2.05, 4.69) is 20.2 Å². The van der Waals surface area contributed by atoms with Crippen LogP contribution in [0.15, 0.2) is 61.1 Å².